The Kier molecular flexibility index (Phi) is 4.69. The fraction of sp³-hybridized carbons (Fsp3) is 0.235. The number of methoxy groups -OCH3 is 2. The summed E-state index contributed by atoms with van der Waals surface area (Å²) in [5.74, 6) is 2.20. The van der Waals surface area contributed by atoms with Crippen molar-refractivity contribution >= 4 is 22.6 Å². The van der Waals surface area contributed by atoms with Crippen LogP contribution < -0.4 is 14.8 Å². The summed E-state index contributed by atoms with van der Waals surface area (Å²) in [5.41, 5.74) is 2.94. The Morgan fingerprint density at radius 1 is 1.13 bits per heavy atom. The average Bonchev–Trinajstić information content (AvgIpc) is 2.97. The van der Waals surface area contributed by atoms with Crippen molar-refractivity contribution in [2.75, 3.05) is 14.2 Å². The molecule has 0 spiro atoms. The molecule has 1 heterocycles. The van der Waals surface area contributed by atoms with Gasteiger partial charge in [0.25, 0.3) is 0 Å². The number of nitrogens with one attached hydrogen (secondary N) is 2. The van der Waals surface area contributed by atoms with Gasteiger partial charge in [-0.25, -0.2) is 4.98 Å². The third-order valence-electron chi connectivity index (χ3n) is 3.57. The number of ether oxygens (including phenoxy) is 2. The van der Waals surface area contributed by atoms with Crippen LogP contribution in [0.4, 0.5) is 0 Å². The van der Waals surface area contributed by atoms with E-state index in [4.69, 9.17) is 21.1 Å². The molecule has 0 unspecified atom stereocenters. The van der Waals surface area contributed by atoms with Crippen LogP contribution in [0.3, 0.4) is 0 Å². The number of fused-ring (bicyclic) bond motifs is 1. The standard InChI is InChI=1S/C17H18ClN3O2/c1-22-15-8-12(18)7-11(17(15)23-2)9-19-10-16-20-13-5-3-4-6-14(13)21-16/h3-8,19H,9-10H2,1-2H3,(H,20,21). The molecule has 0 radical (unpaired) electrons. The van der Waals surface area contributed by atoms with Crippen LogP contribution in [0, 0.1) is 0 Å². The number of aromatic amines is 1. The Labute approximate surface area is 139 Å². The lowest BCUT2D eigenvalue weighted by Crippen LogP contribution is -2.14. The van der Waals surface area contributed by atoms with E-state index in [0.29, 0.717) is 29.6 Å². The topological polar surface area (TPSA) is 59.2 Å². The highest BCUT2D eigenvalue weighted by Crippen LogP contribution is 2.34. The molecule has 2 N–H and O–H groups in total. The SMILES string of the molecule is COc1cc(Cl)cc(CNCc2nc3ccccc3[nH]2)c1OC. The minimum absolute atomic E-state index is 0.594. The Balaban J connectivity index is 1.72. The zero-order chi connectivity index (χ0) is 16.2. The van der Waals surface area contributed by atoms with Gasteiger partial charge in [-0.15, -0.1) is 0 Å². The number of benzene rings is 2. The van der Waals surface area contributed by atoms with Crippen molar-refractivity contribution in [2.45, 2.75) is 13.1 Å². The van der Waals surface area contributed by atoms with E-state index in [9.17, 15) is 0 Å². The maximum absolute atomic E-state index is 6.13. The van der Waals surface area contributed by atoms with Gasteiger partial charge in [0.1, 0.15) is 5.82 Å². The number of halogens is 1. The van der Waals surface area contributed by atoms with E-state index in [2.05, 4.69) is 15.3 Å². The summed E-state index contributed by atoms with van der Waals surface area (Å²) in [6.45, 7) is 1.21. The molecule has 1 aromatic heterocycles. The molecule has 0 saturated carbocycles. The third-order valence-corrected chi connectivity index (χ3v) is 3.79. The summed E-state index contributed by atoms with van der Waals surface area (Å²) >= 11 is 6.13. The number of aromatic nitrogens is 2. The Morgan fingerprint density at radius 2 is 1.96 bits per heavy atom. The Morgan fingerprint density at radius 3 is 2.70 bits per heavy atom. The van der Waals surface area contributed by atoms with Gasteiger partial charge in [-0.3, -0.25) is 0 Å². The highest BCUT2D eigenvalue weighted by atomic mass is 35.5. The van der Waals surface area contributed by atoms with Crippen LogP contribution in [0.1, 0.15) is 11.4 Å². The first kappa shape index (κ1) is 15.6. The van der Waals surface area contributed by atoms with E-state index in [0.717, 1.165) is 22.4 Å². The van der Waals surface area contributed by atoms with Crippen molar-refractivity contribution < 1.29 is 9.47 Å². The van der Waals surface area contributed by atoms with Crippen LogP contribution in [0.5, 0.6) is 11.5 Å². The van der Waals surface area contributed by atoms with Crippen molar-refractivity contribution in [3.8, 4) is 11.5 Å². The summed E-state index contributed by atoms with van der Waals surface area (Å²) in [6.07, 6.45) is 0. The molecule has 3 rings (SSSR count). The summed E-state index contributed by atoms with van der Waals surface area (Å²) in [7, 11) is 3.22. The van der Waals surface area contributed by atoms with E-state index < -0.39 is 0 Å². The smallest absolute Gasteiger partial charge is 0.165 e. The number of hydrogen-bond donors (Lipinski definition) is 2. The van der Waals surface area contributed by atoms with Gasteiger partial charge in [0.05, 0.1) is 31.8 Å². The molecule has 0 aliphatic carbocycles. The van der Waals surface area contributed by atoms with Gasteiger partial charge in [0, 0.05) is 23.2 Å². The van der Waals surface area contributed by atoms with Crippen LogP contribution in [0.25, 0.3) is 11.0 Å². The molecule has 0 aliphatic heterocycles. The first-order valence-electron chi connectivity index (χ1n) is 7.26. The van der Waals surface area contributed by atoms with Gasteiger partial charge in [-0.05, 0) is 18.2 Å². The van der Waals surface area contributed by atoms with E-state index in [1.165, 1.54) is 0 Å². The van der Waals surface area contributed by atoms with E-state index >= 15 is 0 Å². The molecule has 6 heteroatoms. The van der Waals surface area contributed by atoms with Crippen molar-refractivity contribution in [1.82, 2.24) is 15.3 Å². The zero-order valence-electron chi connectivity index (χ0n) is 13.0. The average molecular weight is 332 g/mol. The molecule has 0 saturated heterocycles. The minimum atomic E-state index is 0.594. The van der Waals surface area contributed by atoms with E-state index in [1.54, 1.807) is 20.3 Å². The maximum atomic E-state index is 6.13. The number of imidazole rings is 1. The van der Waals surface area contributed by atoms with Gasteiger partial charge in [0.2, 0.25) is 0 Å². The summed E-state index contributed by atoms with van der Waals surface area (Å²) < 4.78 is 10.7. The molecule has 0 atom stereocenters. The Hall–Kier alpha value is -2.24. The molecule has 2 aromatic carbocycles. The minimum Gasteiger partial charge on any atom is -0.493 e. The first-order chi connectivity index (χ1) is 11.2. The fourth-order valence-corrected chi connectivity index (χ4v) is 2.77. The van der Waals surface area contributed by atoms with E-state index in [1.807, 2.05) is 30.3 Å². The lowest BCUT2D eigenvalue weighted by molar-refractivity contribution is 0.350. The second-order valence-corrected chi connectivity index (χ2v) is 5.54. The Bertz CT molecular complexity index is 784. The number of rotatable bonds is 6. The normalized spacial score (nSPS) is 10.9. The number of para-hydroxylation sites is 2. The van der Waals surface area contributed by atoms with Crippen LogP contribution in [-0.4, -0.2) is 24.2 Å². The molecular weight excluding hydrogens is 314 g/mol. The second-order valence-electron chi connectivity index (χ2n) is 5.10. The third kappa shape index (κ3) is 3.41. The molecule has 0 bridgehead atoms. The van der Waals surface area contributed by atoms with Gasteiger partial charge in [0.15, 0.2) is 11.5 Å². The summed E-state index contributed by atoms with van der Waals surface area (Å²) in [4.78, 5) is 7.83. The molecule has 5 nitrogen and oxygen atoms in total. The number of hydrogen-bond acceptors (Lipinski definition) is 4. The molecule has 120 valence electrons. The van der Waals surface area contributed by atoms with Crippen molar-refractivity contribution in [1.29, 1.82) is 0 Å². The van der Waals surface area contributed by atoms with E-state index in [-0.39, 0.29) is 0 Å². The molecular formula is C17H18ClN3O2. The fourth-order valence-electron chi connectivity index (χ4n) is 2.54. The lowest BCUT2D eigenvalue weighted by Gasteiger charge is -2.13. The van der Waals surface area contributed by atoms with Gasteiger partial charge < -0.3 is 19.8 Å². The molecule has 0 fully saturated rings. The largest absolute Gasteiger partial charge is 0.493 e. The number of nitrogens with zero attached hydrogens (tertiary/aromatic N) is 1. The van der Waals surface area contributed by atoms with Gasteiger partial charge >= 0.3 is 0 Å². The second kappa shape index (κ2) is 6.89. The molecule has 0 amide bonds. The van der Waals surface area contributed by atoms with Crippen molar-refractivity contribution in [2.24, 2.45) is 0 Å². The van der Waals surface area contributed by atoms with Gasteiger partial charge in [-0.2, -0.15) is 0 Å². The highest BCUT2D eigenvalue weighted by Gasteiger charge is 2.12. The quantitative estimate of drug-likeness (QED) is 0.725. The predicted octanol–water partition coefficient (Wildman–Crippen LogP) is 3.52. The van der Waals surface area contributed by atoms with Gasteiger partial charge in [-0.1, -0.05) is 23.7 Å². The van der Waals surface area contributed by atoms with Crippen LogP contribution >= 0.6 is 11.6 Å². The molecule has 0 aliphatic rings. The number of H-pyrrole nitrogens is 1. The van der Waals surface area contributed by atoms with Crippen LogP contribution in [0.2, 0.25) is 5.02 Å². The van der Waals surface area contributed by atoms with Crippen molar-refractivity contribution in [3.63, 3.8) is 0 Å². The predicted molar refractivity (Wildman–Crippen MR) is 91.2 cm³/mol. The summed E-state index contributed by atoms with van der Waals surface area (Å²) in [5, 5.41) is 3.96. The van der Waals surface area contributed by atoms with Crippen molar-refractivity contribution in [3.05, 3.63) is 52.8 Å². The molecule has 23 heavy (non-hydrogen) atoms. The zero-order valence-corrected chi connectivity index (χ0v) is 13.8. The lowest BCUT2D eigenvalue weighted by atomic mass is 10.2. The highest BCUT2D eigenvalue weighted by molar-refractivity contribution is 6.30. The first-order valence-corrected chi connectivity index (χ1v) is 7.64. The van der Waals surface area contributed by atoms with Crippen LogP contribution in [-0.2, 0) is 13.1 Å². The monoisotopic (exact) mass is 331 g/mol. The molecule has 3 aromatic rings. The van der Waals surface area contributed by atoms with Crippen LogP contribution in [0.15, 0.2) is 36.4 Å². The maximum Gasteiger partial charge on any atom is 0.165 e. The summed E-state index contributed by atoms with van der Waals surface area (Å²) in [6, 6.07) is 11.6.